The lowest BCUT2D eigenvalue weighted by molar-refractivity contribution is -0.118. The number of alkyl halides is 1. The largest absolute Gasteiger partial charge is 0.370 e. The van der Waals surface area contributed by atoms with Crippen molar-refractivity contribution < 1.29 is 4.79 Å². The van der Waals surface area contributed by atoms with E-state index in [1.54, 1.807) is 0 Å². The molecule has 0 radical (unpaired) electrons. The Balaban J connectivity index is 3.16. The number of hydrogen-bond donors (Lipinski definition) is 1. The van der Waals surface area contributed by atoms with Crippen molar-refractivity contribution in [3.63, 3.8) is 0 Å². The Bertz CT molecular complexity index is 139. The zero-order valence-corrected chi connectivity index (χ0v) is 10.5. The summed E-state index contributed by atoms with van der Waals surface area (Å²) in [6.07, 6.45) is 7.80. The third-order valence-corrected chi connectivity index (χ3v) is 3.31. The SMILES string of the molecule is CCCCC(I)CCCCC(N)=O. The standard InChI is InChI=1S/C10H20INO/c1-2-3-6-9(11)7-4-5-8-10(12)13/h9H,2-8H2,1H3,(H2,12,13). The highest BCUT2D eigenvalue weighted by Gasteiger charge is 2.03. The number of primary amides is 1. The van der Waals surface area contributed by atoms with Gasteiger partial charge in [-0.2, -0.15) is 0 Å². The number of carbonyl (C=O) groups is 1. The van der Waals surface area contributed by atoms with Gasteiger partial charge in [0, 0.05) is 10.3 Å². The molecule has 0 heterocycles. The first-order valence-electron chi connectivity index (χ1n) is 5.09. The Morgan fingerprint density at radius 2 is 1.92 bits per heavy atom. The first-order chi connectivity index (χ1) is 6.16. The Labute approximate surface area is 94.8 Å². The maximum Gasteiger partial charge on any atom is 0.217 e. The molecule has 1 amide bonds. The predicted molar refractivity (Wildman–Crippen MR) is 65.0 cm³/mol. The second-order valence-corrected chi connectivity index (χ2v) is 5.21. The number of unbranched alkanes of at least 4 members (excludes halogenated alkanes) is 2. The highest BCUT2D eigenvalue weighted by molar-refractivity contribution is 14.1. The molecule has 0 saturated carbocycles. The molecular weight excluding hydrogens is 277 g/mol. The van der Waals surface area contributed by atoms with Crippen LogP contribution in [0.1, 0.15) is 51.9 Å². The van der Waals surface area contributed by atoms with E-state index in [2.05, 4.69) is 29.5 Å². The molecule has 1 unspecified atom stereocenters. The maximum absolute atomic E-state index is 10.4. The lowest BCUT2D eigenvalue weighted by Crippen LogP contribution is -2.09. The summed E-state index contributed by atoms with van der Waals surface area (Å²) in [6.45, 7) is 2.22. The van der Waals surface area contributed by atoms with E-state index in [9.17, 15) is 4.79 Å². The molecule has 78 valence electrons. The van der Waals surface area contributed by atoms with E-state index < -0.39 is 0 Å². The molecule has 3 heteroatoms. The van der Waals surface area contributed by atoms with Crippen LogP contribution in [0, 0.1) is 0 Å². The summed E-state index contributed by atoms with van der Waals surface area (Å²) in [6, 6.07) is 0. The molecule has 0 aliphatic heterocycles. The first-order valence-corrected chi connectivity index (χ1v) is 6.33. The molecule has 0 aromatic rings. The first kappa shape index (κ1) is 13.2. The van der Waals surface area contributed by atoms with Crippen LogP contribution in [-0.2, 0) is 4.79 Å². The number of carbonyl (C=O) groups excluding carboxylic acids is 1. The molecule has 0 bridgehead atoms. The number of hydrogen-bond acceptors (Lipinski definition) is 1. The zero-order chi connectivity index (χ0) is 10.1. The summed E-state index contributed by atoms with van der Waals surface area (Å²) in [5.74, 6) is -0.168. The van der Waals surface area contributed by atoms with Crippen molar-refractivity contribution in [2.45, 2.75) is 55.8 Å². The van der Waals surface area contributed by atoms with Gasteiger partial charge in [0.15, 0.2) is 0 Å². The number of nitrogens with two attached hydrogens (primary N) is 1. The molecule has 0 saturated heterocycles. The minimum atomic E-state index is -0.168. The lowest BCUT2D eigenvalue weighted by atomic mass is 10.1. The molecular formula is C10H20INO. The summed E-state index contributed by atoms with van der Waals surface area (Å²) in [5, 5.41) is 0. The van der Waals surface area contributed by atoms with Crippen LogP contribution in [0.15, 0.2) is 0 Å². The lowest BCUT2D eigenvalue weighted by Gasteiger charge is -2.07. The fourth-order valence-corrected chi connectivity index (χ4v) is 2.12. The predicted octanol–water partition coefficient (Wildman–Crippen LogP) is 3.03. The van der Waals surface area contributed by atoms with Crippen LogP contribution in [-0.4, -0.2) is 9.83 Å². The molecule has 0 fully saturated rings. The van der Waals surface area contributed by atoms with E-state index in [1.807, 2.05) is 0 Å². The van der Waals surface area contributed by atoms with Gasteiger partial charge in [-0.3, -0.25) is 4.79 Å². The van der Waals surface area contributed by atoms with Crippen LogP contribution in [0.2, 0.25) is 0 Å². The van der Waals surface area contributed by atoms with Crippen LogP contribution in [0.3, 0.4) is 0 Å². The van der Waals surface area contributed by atoms with Crippen LogP contribution >= 0.6 is 22.6 Å². The van der Waals surface area contributed by atoms with E-state index in [1.165, 1.54) is 25.7 Å². The van der Waals surface area contributed by atoms with Gasteiger partial charge in [0.2, 0.25) is 5.91 Å². The Morgan fingerprint density at radius 1 is 1.31 bits per heavy atom. The van der Waals surface area contributed by atoms with Crippen LogP contribution in [0.25, 0.3) is 0 Å². The minimum Gasteiger partial charge on any atom is -0.370 e. The third kappa shape index (κ3) is 10.1. The third-order valence-electron chi connectivity index (χ3n) is 2.06. The van der Waals surface area contributed by atoms with Gasteiger partial charge in [-0.15, -0.1) is 0 Å². The number of halogens is 1. The van der Waals surface area contributed by atoms with Crippen LogP contribution in [0.4, 0.5) is 0 Å². The smallest absolute Gasteiger partial charge is 0.217 e. The molecule has 1 atom stereocenters. The summed E-state index contributed by atoms with van der Waals surface area (Å²) in [7, 11) is 0. The highest BCUT2D eigenvalue weighted by Crippen LogP contribution is 2.17. The van der Waals surface area contributed by atoms with E-state index in [4.69, 9.17) is 5.73 Å². The Kier molecular flexibility index (Phi) is 8.92. The van der Waals surface area contributed by atoms with Gasteiger partial charge >= 0.3 is 0 Å². The summed E-state index contributed by atoms with van der Waals surface area (Å²) < 4.78 is 0.783. The summed E-state index contributed by atoms with van der Waals surface area (Å²) >= 11 is 2.51. The monoisotopic (exact) mass is 297 g/mol. The quantitative estimate of drug-likeness (QED) is 0.418. The van der Waals surface area contributed by atoms with Crippen molar-refractivity contribution in [1.82, 2.24) is 0 Å². The van der Waals surface area contributed by atoms with Gasteiger partial charge in [-0.1, -0.05) is 48.8 Å². The second-order valence-electron chi connectivity index (χ2n) is 3.45. The van der Waals surface area contributed by atoms with Crippen molar-refractivity contribution in [3.05, 3.63) is 0 Å². The number of amides is 1. The molecule has 0 spiro atoms. The van der Waals surface area contributed by atoms with E-state index in [-0.39, 0.29) is 5.91 Å². The average Bonchev–Trinajstić information content (AvgIpc) is 2.08. The zero-order valence-electron chi connectivity index (χ0n) is 8.39. The van der Waals surface area contributed by atoms with Crippen molar-refractivity contribution >= 4 is 28.5 Å². The van der Waals surface area contributed by atoms with Crippen molar-refractivity contribution in [2.75, 3.05) is 0 Å². The number of rotatable bonds is 8. The van der Waals surface area contributed by atoms with E-state index in [0.717, 1.165) is 16.8 Å². The molecule has 0 aliphatic rings. The van der Waals surface area contributed by atoms with E-state index >= 15 is 0 Å². The Hall–Kier alpha value is 0.200. The fourth-order valence-electron chi connectivity index (χ4n) is 1.24. The van der Waals surface area contributed by atoms with Gasteiger partial charge in [0.1, 0.15) is 0 Å². The van der Waals surface area contributed by atoms with Crippen molar-refractivity contribution in [3.8, 4) is 0 Å². The van der Waals surface area contributed by atoms with Crippen molar-refractivity contribution in [1.29, 1.82) is 0 Å². The second kappa shape index (κ2) is 8.78. The van der Waals surface area contributed by atoms with Gasteiger partial charge in [0.25, 0.3) is 0 Å². The normalized spacial score (nSPS) is 12.8. The average molecular weight is 297 g/mol. The molecule has 13 heavy (non-hydrogen) atoms. The van der Waals surface area contributed by atoms with Gasteiger partial charge in [-0.25, -0.2) is 0 Å². The fraction of sp³-hybridized carbons (Fsp3) is 0.900. The molecule has 0 rings (SSSR count). The highest BCUT2D eigenvalue weighted by atomic mass is 127. The van der Waals surface area contributed by atoms with Crippen LogP contribution < -0.4 is 5.73 Å². The van der Waals surface area contributed by atoms with Crippen LogP contribution in [0.5, 0.6) is 0 Å². The maximum atomic E-state index is 10.4. The summed E-state index contributed by atoms with van der Waals surface area (Å²) in [4.78, 5) is 10.4. The van der Waals surface area contributed by atoms with Gasteiger partial charge in [0.05, 0.1) is 0 Å². The Morgan fingerprint density at radius 3 is 2.46 bits per heavy atom. The molecule has 0 aromatic heterocycles. The van der Waals surface area contributed by atoms with E-state index in [0.29, 0.717) is 6.42 Å². The minimum absolute atomic E-state index is 0.168. The van der Waals surface area contributed by atoms with Gasteiger partial charge in [-0.05, 0) is 19.3 Å². The molecule has 0 aliphatic carbocycles. The topological polar surface area (TPSA) is 43.1 Å². The summed E-state index contributed by atoms with van der Waals surface area (Å²) in [5.41, 5.74) is 5.05. The van der Waals surface area contributed by atoms with Crippen molar-refractivity contribution in [2.24, 2.45) is 5.73 Å². The molecule has 0 aromatic carbocycles. The molecule has 2 N–H and O–H groups in total. The molecule has 2 nitrogen and oxygen atoms in total. The van der Waals surface area contributed by atoms with Gasteiger partial charge < -0.3 is 5.73 Å².